The van der Waals surface area contributed by atoms with Gasteiger partial charge >= 0.3 is 0 Å². The van der Waals surface area contributed by atoms with E-state index in [1.54, 1.807) is 19.1 Å². The minimum atomic E-state index is -0.260. The predicted molar refractivity (Wildman–Crippen MR) is 63.3 cm³/mol. The molecule has 0 fully saturated rings. The van der Waals surface area contributed by atoms with E-state index in [0.717, 1.165) is 5.56 Å². The number of nitrogens with one attached hydrogen (secondary N) is 1. The number of carbonyl (C=O) groups excluding carboxylic acids is 1. The number of carbonyl (C=O) groups is 1. The summed E-state index contributed by atoms with van der Waals surface area (Å²) in [4.78, 5) is 11.7. The summed E-state index contributed by atoms with van der Waals surface area (Å²) in [6.07, 6.45) is 0. The van der Waals surface area contributed by atoms with Gasteiger partial charge in [0.1, 0.15) is 5.76 Å². The van der Waals surface area contributed by atoms with Crippen molar-refractivity contribution >= 4 is 11.6 Å². The smallest absolute Gasteiger partial charge is 0.273 e. The number of nitrogen functional groups attached to an aromatic ring is 1. The van der Waals surface area contributed by atoms with E-state index in [0.29, 0.717) is 18.0 Å². The van der Waals surface area contributed by atoms with Crippen LogP contribution in [-0.2, 0) is 6.54 Å². The number of amides is 1. The van der Waals surface area contributed by atoms with Gasteiger partial charge in [-0.2, -0.15) is 0 Å². The van der Waals surface area contributed by atoms with Crippen molar-refractivity contribution < 1.29 is 9.32 Å². The molecule has 17 heavy (non-hydrogen) atoms. The van der Waals surface area contributed by atoms with Crippen molar-refractivity contribution in [3.63, 3.8) is 0 Å². The molecule has 0 aliphatic carbocycles. The highest BCUT2D eigenvalue weighted by Crippen LogP contribution is 2.07. The maximum atomic E-state index is 11.7. The minimum Gasteiger partial charge on any atom is -0.399 e. The Morgan fingerprint density at radius 3 is 2.94 bits per heavy atom. The summed E-state index contributed by atoms with van der Waals surface area (Å²) < 4.78 is 4.83. The number of rotatable bonds is 3. The lowest BCUT2D eigenvalue weighted by Gasteiger charge is -2.03. The van der Waals surface area contributed by atoms with Gasteiger partial charge in [0.15, 0.2) is 5.69 Å². The molecule has 88 valence electrons. The average Bonchev–Trinajstić information content (AvgIpc) is 2.73. The number of nitrogens with zero attached hydrogens (tertiary/aromatic N) is 1. The van der Waals surface area contributed by atoms with Crippen LogP contribution in [0.1, 0.15) is 21.8 Å². The third kappa shape index (κ3) is 2.84. The quantitative estimate of drug-likeness (QED) is 0.784. The highest BCUT2D eigenvalue weighted by atomic mass is 16.5. The van der Waals surface area contributed by atoms with Gasteiger partial charge in [-0.1, -0.05) is 17.3 Å². The van der Waals surface area contributed by atoms with Gasteiger partial charge in [-0.05, 0) is 24.6 Å². The van der Waals surface area contributed by atoms with Crippen molar-refractivity contribution in [3.05, 3.63) is 47.3 Å². The minimum absolute atomic E-state index is 0.260. The SMILES string of the molecule is Cc1cc(C(=O)NCc2cccc(N)c2)no1. The molecule has 0 aliphatic heterocycles. The molecule has 2 aromatic rings. The number of benzene rings is 1. The number of aromatic nitrogens is 1. The zero-order chi connectivity index (χ0) is 12.3. The molecule has 0 saturated carbocycles. The molecule has 1 aromatic heterocycles. The van der Waals surface area contributed by atoms with Gasteiger partial charge in [-0.25, -0.2) is 0 Å². The molecule has 5 heteroatoms. The molecule has 0 saturated heterocycles. The van der Waals surface area contributed by atoms with Crippen molar-refractivity contribution in [3.8, 4) is 0 Å². The zero-order valence-electron chi connectivity index (χ0n) is 9.43. The molecule has 2 rings (SSSR count). The third-order valence-corrected chi connectivity index (χ3v) is 2.26. The monoisotopic (exact) mass is 231 g/mol. The Kier molecular flexibility index (Phi) is 3.09. The zero-order valence-corrected chi connectivity index (χ0v) is 9.43. The summed E-state index contributed by atoms with van der Waals surface area (Å²) in [7, 11) is 0. The Morgan fingerprint density at radius 1 is 1.47 bits per heavy atom. The lowest BCUT2D eigenvalue weighted by atomic mass is 10.2. The number of anilines is 1. The molecular formula is C12H13N3O2. The molecule has 5 nitrogen and oxygen atoms in total. The van der Waals surface area contributed by atoms with Gasteiger partial charge in [0, 0.05) is 18.3 Å². The number of hydrogen-bond donors (Lipinski definition) is 2. The topological polar surface area (TPSA) is 81.2 Å². The Hall–Kier alpha value is -2.30. The van der Waals surface area contributed by atoms with Crippen LogP contribution in [0.4, 0.5) is 5.69 Å². The molecule has 0 atom stereocenters. The Labute approximate surface area is 98.6 Å². The van der Waals surface area contributed by atoms with Crippen LogP contribution in [0.15, 0.2) is 34.9 Å². The predicted octanol–water partition coefficient (Wildman–Crippen LogP) is 1.50. The molecule has 0 radical (unpaired) electrons. The third-order valence-electron chi connectivity index (χ3n) is 2.26. The number of aryl methyl sites for hydroxylation is 1. The second-order valence-electron chi connectivity index (χ2n) is 3.75. The van der Waals surface area contributed by atoms with Gasteiger partial charge in [0.25, 0.3) is 5.91 Å². The maximum absolute atomic E-state index is 11.7. The molecular weight excluding hydrogens is 218 g/mol. The van der Waals surface area contributed by atoms with E-state index >= 15 is 0 Å². The summed E-state index contributed by atoms with van der Waals surface area (Å²) in [5.74, 6) is 0.350. The molecule has 0 bridgehead atoms. The fourth-order valence-electron chi connectivity index (χ4n) is 1.45. The van der Waals surface area contributed by atoms with Crippen LogP contribution in [0.25, 0.3) is 0 Å². The van der Waals surface area contributed by atoms with Gasteiger partial charge in [0.05, 0.1) is 0 Å². The summed E-state index contributed by atoms with van der Waals surface area (Å²) in [6.45, 7) is 2.15. The first-order chi connectivity index (χ1) is 8.15. The van der Waals surface area contributed by atoms with Crippen molar-refractivity contribution in [1.29, 1.82) is 0 Å². The molecule has 0 unspecified atom stereocenters. The second-order valence-corrected chi connectivity index (χ2v) is 3.75. The van der Waals surface area contributed by atoms with E-state index in [2.05, 4.69) is 10.5 Å². The maximum Gasteiger partial charge on any atom is 0.273 e. The lowest BCUT2D eigenvalue weighted by Crippen LogP contribution is -2.23. The second kappa shape index (κ2) is 4.69. The van der Waals surface area contributed by atoms with E-state index in [-0.39, 0.29) is 11.6 Å². The molecule has 0 aliphatic rings. The van der Waals surface area contributed by atoms with Gasteiger partial charge in [-0.3, -0.25) is 4.79 Å². The van der Waals surface area contributed by atoms with Gasteiger partial charge < -0.3 is 15.6 Å². The van der Waals surface area contributed by atoms with Crippen molar-refractivity contribution in [2.45, 2.75) is 13.5 Å². The number of hydrogen-bond acceptors (Lipinski definition) is 4. The molecule has 3 N–H and O–H groups in total. The average molecular weight is 231 g/mol. The van der Waals surface area contributed by atoms with Gasteiger partial charge in [0.2, 0.25) is 0 Å². The Bertz CT molecular complexity index is 534. The molecule has 0 spiro atoms. The van der Waals surface area contributed by atoms with Crippen LogP contribution in [0.5, 0.6) is 0 Å². The summed E-state index contributed by atoms with van der Waals surface area (Å²) in [5.41, 5.74) is 7.54. The highest BCUT2D eigenvalue weighted by Gasteiger charge is 2.09. The lowest BCUT2D eigenvalue weighted by molar-refractivity contribution is 0.0942. The fourth-order valence-corrected chi connectivity index (χ4v) is 1.45. The van der Waals surface area contributed by atoms with Crippen molar-refractivity contribution in [1.82, 2.24) is 10.5 Å². The summed E-state index contributed by atoms with van der Waals surface area (Å²) in [5, 5.41) is 6.37. The Balaban J connectivity index is 1.97. The highest BCUT2D eigenvalue weighted by molar-refractivity contribution is 5.92. The molecule has 1 aromatic carbocycles. The van der Waals surface area contributed by atoms with E-state index in [9.17, 15) is 4.79 Å². The van der Waals surface area contributed by atoms with Crippen molar-refractivity contribution in [2.24, 2.45) is 0 Å². The van der Waals surface area contributed by atoms with Crippen LogP contribution in [0, 0.1) is 6.92 Å². The van der Waals surface area contributed by atoms with Gasteiger partial charge in [-0.15, -0.1) is 0 Å². The van der Waals surface area contributed by atoms with Crippen LogP contribution in [0.2, 0.25) is 0 Å². The van der Waals surface area contributed by atoms with E-state index < -0.39 is 0 Å². The summed E-state index contributed by atoms with van der Waals surface area (Å²) >= 11 is 0. The van der Waals surface area contributed by atoms with Crippen LogP contribution >= 0.6 is 0 Å². The normalized spacial score (nSPS) is 10.2. The molecule has 1 amide bonds. The van der Waals surface area contributed by atoms with E-state index in [1.807, 2.05) is 18.2 Å². The van der Waals surface area contributed by atoms with Crippen LogP contribution in [0.3, 0.4) is 0 Å². The molecule has 1 heterocycles. The largest absolute Gasteiger partial charge is 0.399 e. The van der Waals surface area contributed by atoms with E-state index in [1.165, 1.54) is 0 Å². The van der Waals surface area contributed by atoms with E-state index in [4.69, 9.17) is 10.3 Å². The first kappa shape index (κ1) is 11.2. The Morgan fingerprint density at radius 2 is 2.29 bits per heavy atom. The first-order valence-corrected chi connectivity index (χ1v) is 5.21. The standard InChI is InChI=1S/C12H13N3O2/c1-8-5-11(15-17-8)12(16)14-7-9-3-2-4-10(13)6-9/h2-6H,7,13H2,1H3,(H,14,16). The first-order valence-electron chi connectivity index (χ1n) is 5.21. The number of nitrogens with two attached hydrogens (primary N) is 1. The van der Waals surface area contributed by atoms with Crippen LogP contribution < -0.4 is 11.1 Å². The fraction of sp³-hybridized carbons (Fsp3) is 0.167. The summed E-state index contributed by atoms with van der Waals surface area (Å²) in [6, 6.07) is 8.94. The van der Waals surface area contributed by atoms with Crippen molar-refractivity contribution in [2.75, 3.05) is 5.73 Å². The van der Waals surface area contributed by atoms with Crippen LogP contribution in [-0.4, -0.2) is 11.1 Å².